The van der Waals surface area contributed by atoms with Gasteiger partial charge in [0.2, 0.25) is 5.91 Å². The Bertz CT molecular complexity index is 4310. The number of hydrogen-bond acceptors (Lipinski definition) is 27. The number of nitrogens with zero attached hydrogens (tertiary/aromatic N) is 9. The number of phenols is 2. The summed E-state index contributed by atoms with van der Waals surface area (Å²) in [6.07, 6.45) is 35.7. The summed E-state index contributed by atoms with van der Waals surface area (Å²) in [4.78, 5) is 114. The Morgan fingerprint density at radius 1 is 0.511 bits per heavy atom. The fourth-order valence-electron chi connectivity index (χ4n) is 14.4. The molecular formula is C98H145N11O22. The molecule has 0 radical (unpaired) electrons. The van der Waals surface area contributed by atoms with Crippen LogP contribution in [0.3, 0.4) is 0 Å². The van der Waals surface area contributed by atoms with Gasteiger partial charge in [-0.15, -0.1) is 0 Å². The molecule has 0 saturated carbocycles. The van der Waals surface area contributed by atoms with Crippen molar-refractivity contribution in [2.75, 3.05) is 125 Å². The maximum Gasteiger partial charge on any atom is 0.342 e. The van der Waals surface area contributed by atoms with Crippen molar-refractivity contribution >= 4 is 58.7 Å². The van der Waals surface area contributed by atoms with E-state index < -0.39 is 29.9 Å². The van der Waals surface area contributed by atoms with Crippen molar-refractivity contribution in [3.63, 3.8) is 0 Å². The fourth-order valence-corrected chi connectivity index (χ4v) is 14.4. The summed E-state index contributed by atoms with van der Waals surface area (Å²) in [5, 5.41) is 39.8. The summed E-state index contributed by atoms with van der Waals surface area (Å²) >= 11 is 0. The molecule has 0 spiro atoms. The van der Waals surface area contributed by atoms with Crippen LogP contribution in [0.15, 0.2) is 130 Å². The van der Waals surface area contributed by atoms with Crippen molar-refractivity contribution in [1.82, 2.24) is 20.0 Å². The van der Waals surface area contributed by atoms with Crippen molar-refractivity contribution in [3.05, 3.63) is 164 Å². The average molecular weight is 1830 g/mol. The van der Waals surface area contributed by atoms with Crippen LogP contribution in [0.2, 0.25) is 0 Å². The van der Waals surface area contributed by atoms with E-state index in [1.807, 2.05) is 153 Å². The quantitative estimate of drug-likeness (QED) is 0.00535. The van der Waals surface area contributed by atoms with Crippen LogP contribution < -0.4 is 20.5 Å². The molecule has 6 aliphatic heterocycles. The zero-order valence-corrected chi connectivity index (χ0v) is 79.3. The molecule has 0 aliphatic carbocycles. The van der Waals surface area contributed by atoms with E-state index in [2.05, 4.69) is 30.8 Å². The number of nitrogens with two attached hydrogens (primary N) is 1. The molecule has 9 rings (SSSR count). The van der Waals surface area contributed by atoms with Crippen LogP contribution in [-0.4, -0.2) is 246 Å². The van der Waals surface area contributed by atoms with Crippen molar-refractivity contribution in [1.29, 1.82) is 0 Å². The Labute approximate surface area is 774 Å². The molecule has 33 nitrogen and oxygen atoms in total. The summed E-state index contributed by atoms with van der Waals surface area (Å²) < 4.78 is 57.9. The van der Waals surface area contributed by atoms with Gasteiger partial charge in [-0.05, 0) is 209 Å². The minimum Gasteiger partial charge on any atom is -0.508 e. The second-order valence-corrected chi connectivity index (χ2v) is 31.6. The normalized spacial score (nSPS) is 21.7. The van der Waals surface area contributed by atoms with Crippen LogP contribution in [0.25, 0.3) is 10.4 Å². The van der Waals surface area contributed by atoms with Crippen molar-refractivity contribution in [2.45, 2.75) is 255 Å². The van der Waals surface area contributed by atoms with Gasteiger partial charge >= 0.3 is 17.9 Å². The molecule has 5 N–H and O–H groups in total. The molecule has 33 heteroatoms. The van der Waals surface area contributed by atoms with Crippen LogP contribution in [-0.2, 0) is 90.8 Å². The number of aryl methyl sites for hydroxylation is 2. The number of rotatable bonds is 31. The second-order valence-electron chi connectivity index (χ2n) is 31.6. The highest BCUT2D eigenvalue weighted by molar-refractivity contribution is 6.03. The predicted molar refractivity (Wildman–Crippen MR) is 504 cm³/mol. The smallest absolute Gasteiger partial charge is 0.342 e. The van der Waals surface area contributed by atoms with Crippen LogP contribution in [0.5, 0.6) is 23.0 Å². The molecule has 3 aromatic carbocycles. The molecular weight excluding hydrogens is 1680 g/mol. The van der Waals surface area contributed by atoms with Gasteiger partial charge in [-0.2, -0.15) is 0 Å². The van der Waals surface area contributed by atoms with Gasteiger partial charge in [0.05, 0.1) is 41.0 Å². The predicted octanol–water partition coefficient (Wildman–Crippen LogP) is 15.8. The summed E-state index contributed by atoms with van der Waals surface area (Å²) in [5.74, 6) is -2.03. The highest BCUT2D eigenvalue weighted by atomic mass is 16.7. The molecule has 6 aliphatic rings. The molecule has 724 valence electrons. The first kappa shape index (κ1) is 111. The lowest BCUT2D eigenvalue weighted by Gasteiger charge is -2.26. The van der Waals surface area contributed by atoms with Gasteiger partial charge in [0.25, 0.3) is 17.7 Å². The Morgan fingerprint density at radius 3 is 1.34 bits per heavy atom. The van der Waals surface area contributed by atoms with Gasteiger partial charge < -0.3 is 97.8 Å². The lowest BCUT2D eigenvalue weighted by atomic mass is 9.95. The number of oxime groups is 3. The topological polar surface area (TPSA) is 414 Å². The van der Waals surface area contributed by atoms with Crippen molar-refractivity contribution < 1.29 is 106 Å². The maximum atomic E-state index is 13.7. The molecule has 3 aromatic rings. The lowest BCUT2D eigenvalue weighted by molar-refractivity contribution is -0.137. The summed E-state index contributed by atoms with van der Waals surface area (Å²) in [5.41, 5.74) is 19.8. The van der Waals surface area contributed by atoms with Crippen molar-refractivity contribution in [3.8, 4) is 23.0 Å². The second kappa shape index (κ2) is 65.6. The number of carbonyl (C=O) groups excluding carboxylic acids is 7. The number of fused-ring (bicyclic) bond motifs is 3. The standard InChI is InChI=1S/C34H51N3O9.C30H41N5O5.C30H41N3O8.2C2H6/c1-4-40-24-43-30-21-27-20-28(36-45-23-32(38)37-17-7-6-8-18-37)13-10-15-29(42-19-11-16-35)14-9-12-26(3)46-34(39)33(27)31(22-30)44-25-41-5-2;1-22-18-23(2)29-25(19-22)20-26(33-39-21-28(36)35-15-5-4-6-16-35)11-8-13-27(38-17-9-14-32-34-31)12-7-10-24(3)40-30(29)37;1-21-9-6-11-26(39-16-8-13-31-22(2)34)12-7-10-24(32-40-20-28(37)33-14-4-3-5-15-33)17-23-18-25(35)19-27(36)29(23)30(38)41-21;2*1-2/h9-10,13-14,21-22,26,29H,4-8,11-12,15-20,23-25,35H2,1-3H3;7-8,11-12,18-19,24,27H,4-6,9-10,13-17,20-21H2,1-3H3;6-7,10-11,18-19,21,26,35-36H,3-5,8-9,12-17,20H2,1-2H3,(H,31,34);2*1-2H3/b13-10+,14-9+,36-28?;11-8+,12-7+,33-26?;10-7+,11-6+,32-24?;;/t26-,29-;24-,27-;21-,26-;;/m111../s1. The van der Waals surface area contributed by atoms with Gasteiger partial charge in [0.15, 0.2) is 33.4 Å². The molecule has 131 heavy (non-hydrogen) atoms. The van der Waals surface area contributed by atoms with E-state index in [0.717, 1.165) is 113 Å². The molecule has 0 aromatic heterocycles. The number of cyclic esters (lactones) is 3. The Balaban J connectivity index is 0.000000342. The average Bonchev–Trinajstić information content (AvgIpc) is 0.805. The van der Waals surface area contributed by atoms with Crippen molar-refractivity contribution in [2.24, 2.45) is 26.3 Å². The van der Waals surface area contributed by atoms with Crippen LogP contribution in [0.4, 0.5) is 0 Å². The number of piperidine rings is 3. The zero-order chi connectivity index (χ0) is 95.3. The third-order valence-corrected chi connectivity index (χ3v) is 20.8. The van der Waals surface area contributed by atoms with E-state index >= 15 is 0 Å². The summed E-state index contributed by atoms with van der Waals surface area (Å²) in [7, 11) is 0. The first-order valence-corrected chi connectivity index (χ1v) is 46.6. The van der Waals surface area contributed by atoms with Gasteiger partial charge in [0, 0.05) is 148 Å². The Morgan fingerprint density at radius 2 is 0.916 bits per heavy atom. The lowest BCUT2D eigenvalue weighted by Crippen LogP contribution is -2.37. The third-order valence-electron chi connectivity index (χ3n) is 20.8. The van der Waals surface area contributed by atoms with E-state index in [4.69, 9.17) is 73.1 Å². The minimum absolute atomic E-state index is 0.0160. The number of benzene rings is 3. The van der Waals surface area contributed by atoms with Crippen LogP contribution in [0.1, 0.15) is 244 Å². The Kier molecular flexibility index (Phi) is 55.4. The largest absolute Gasteiger partial charge is 0.508 e. The van der Waals surface area contributed by atoms with Crippen LogP contribution in [0, 0.1) is 13.8 Å². The summed E-state index contributed by atoms with van der Waals surface area (Å²) in [6.45, 7) is 30.0. The van der Waals surface area contributed by atoms with Gasteiger partial charge in [-0.25, -0.2) is 14.4 Å². The molecule has 6 atom stereocenters. The number of allylic oxidation sites excluding steroid dienone is 3. The first-order chi connectivity index (χ1) is 63.5. The Hall–Kier alpha value is -10.9. The third kappa shape index (κ3) is 43.8. The van der Waals surface area contributed by atoms with Gasteiger partial charge in [-0.3, -0.25) is 19.2 Å². The number of aromatic hydroxyl groups is 2. The number of hydrogen-bond donors (Lipinski definition) is 4. The molecule has 0 bridgehead atoms. The fraction of sp³-hybridized carbons (Fsp3) is 0.592. The zero-order valence-electron chi connectivity index (χ0n) is 79.3. The number of ether oxygens (including phenoxy) is 10. The van der Waals surface area contributed by atoms with Gasteiger partial charge in [0.1, 0.15) is 52.4 Å². The highest BCUT2D eigenvalue weighted by Gasteiger charge is 2.29. The number of likely N-dealkylation sites (tertiary alicyclic amines) is 3. The number of esters is 3. The molecule has 3 saturated heterocycles. The highest BCUT2D eigenvalue weighted by Crippen LogP contribution is 2.34. The minimum atomic E-state index is -0.731. The molecule has 4 amide bonds. The number of amides is 4. The number of carbonyl (C=O) groups is 7. The van der Waals surface area contributed by atoms with Gasteiger partial charge in [-0.1, -0.05) is 121 Å². The molecule has 0 unspecified atom stereocenters. The molecule has 6 heterocycles. The monoisotopic (exact) mass is 1830 g/mol. The van der Waals surface area contributed by atoms with E-state index in [1.165, 1.54) is 13.0 Å². The van der Waals surface area contributed by atoms with E-state index in [-0.39, 0.29) is 123 Å². The number of nitrogens with one attached hydrogen (secondary N) is 1. The van der Waals surface area contributed by atoms with E-state index in [1.54, 1.807) is 34.9 Å². The van der Waals surface area contributed by atoms with Crippen LogP contribution >= 0.6 is 0 Å². The number of azide groups is 1. The maximum absolute atomic E-state index is 13.7. The SMILES string of the molecule is CC.CC.CC(=O)NCCCO[C@@H]1/C=C/C[C@@H](C)OC(=O)c2c(O)cc(O)cc2CC(=NOCC(=O)N2CCCCC2)/C=C/C1.CCOCOc1cc2c(c(OCOCC)c1)C(=O)O[C@H](C)C/C=C/[C@@H](OCCCN)C/C=C/C(=NOCC(=O)N1CCCCC1)C2.Cc1cc(C)c2c(c1)CC(=NOCC(=O)N1CCCCC1)/C=C/C[C@H](OCCCN=[N+]=[N-])/C=C/C[C@@H](C)OC2=O. The summed E-state index contributed by atoms with van der Waals surface area (Å²) in [6, 6.07) is 9.75. The van der Waals surface area contributed by atoms with E-state index in [0.29, 0.717) is 163 Å². The number of phenolic OH excluding ortho intramolecular Hbond substituents is 2. The van der Waals surface area contributed by atoms with E-state index in [9.17, 15) is 43.8 Å². The first-order valence-electron chi connectivity index (χ1n) is 46.6. The molecule has 3 fully saturated rings.